The molecular formula is C12H13NS2. The lowest BCUT2D eigenvalue weighted by atomic mass is 10.1. The van der Waals surface area contributed by atoms with Crippen LogP contribution in [0.5, 0.6) is 0 Å². The maximum atomic E-state index is 4.54. The minimum absolute atomic E-state index is 0.710. The Balaban J connectivity index is 2.48. The lowest BCUT2D eigenvalue weighted by Gasteiger charge is -2.03. The Hall–Kier alpha value is -0.800. The van der Waals surface area contributed by atoms with Crippen molar-refractivity contribution in [1.82, 2.24) is 4.98 Å². The normalized spacial score (nSPS) is 10.6. The van der Waals surface area contributed by atoms with Crippen LogP contribution in [0.4, 0.5) is 0 Å². The molecule has 78 valence electrons. The second-order valence-electron chi connectivity index (χ2n) is 3.62. The molecule has 0 unspecified atom stereocenters. The molecule has 15 heavy (non-hydrogen) atoms. The van der Waals surface area contributed by atoms with Crippen molar-refractivity contribution in [2.24, 2.45) is 0 Å². The van der Waals surface area contributed by atoms with Gasteiger partial charge in [0.05, 0.1) is 5.69 Å². The van der Waals surface area contributed by atoms with Crippen molar-refractivity contribution in [3.8, 4) is 10.6 Å². The summed E-state index contributed by atoms with van der Waals surface area (Å²) in [5.74, 6) is 0.710. The molecule has 0 fully saturated rings. The number of hydrogen-bond donors (Lipinski definition) is 1. The number of thiol groups is 1. The molecule has 0 N–H and O–H groups in total. The molecule has 3 heteroatoms. The van der Waals surface area contributed by atoms with Crippen molar-refractivity contribution >= 4 is 24.0 Å². The highest BCUT2D eigenvalue weighted by Gasteiger charge is 2.06. The molecule has 2 rings (SSSR count). The summed E-state index contributed by atoms with van der Waals surface area (Å²) in [6.45, 7) is 4.23. The van der Waals surface area contributed by atoms with Gasteiger partial charge in [-0.05, 0) is 25.5 Å². The van der Waals surface area contributed by atoms with Crippen LogP contribution >= 0.6 is 24.0 Å². The SMILES string of the molecule is Cc1ccc(C)c(-c2nc(CS)cs2)c1. The van der Waals surface area contributed by atoms with E-state index in [4.69, 9.17) is 0 Å². The minimum atomic E-state index is 0.710. The van der Waals surface area contributed by atoms with Crippen LogP contribution in [0.2, 0.25) is 0 Å². The first-order chi connectivity index (χ1) is 7.20. The molecule has 0 aliphatic carbocycles. The molecule has 0 aliphatic rings. The molecule has 0 bridgehead atoms. The van der Waals surface area contributed by atoms with Crippen molar-refractivity contribution in [3.05, 3.63) is 40.4 Å². The molecule has 2 aromatic rings. The Morgan fingerprint density at radius 1 is 1.33 bits per heavy atom. The number of hydrogen-bond acceptors (Lipinski definition) is 3. The van der Waals surface area contributed by atoms with Crippen molar-refractivity contribution in [3.63, 3.8) is 0 Å². The van der Waals surface area contributed by atoms with Crippen LogP contribution in [-0.4, -0.2) is 4.98 Å². The predicted octanol–water partition coefficient (Wildman–Crippen LogP) is 3.86. The van der Waals surface area contributed by atoms with E-state index in [-0.39, 0.29) is 0 Å². The van der Waals surface area contributed by atoms with Crippen LogP contribution in [-0.2, 0) is 5.75 Å². The van der Waals surface area contributed by atoms with E-state index in [1.54, 1.807) is 11.3 Å². The molecule has 1 heterocycles. The molecule has 0 amide bonds. The zero-order valence-electron chi connectivity index (χ0n) is 8.82. The average molecular weight is 235 g/mol. The predicted molar refractivity (Wildman–Crippen MR) is 69.7 cm³/mol. The Kier molecular flexibility index (Phi) is 3.12. The highest BCUT2D eigenvalue weighted by atomic mass is 32.1. The van der Waals surface area contributed by atoms with Gasteiger partial charge in [0.25, 0.3) is 0 Å². The number of nitrogens with zero attached hydrogens (tertiary/aromatic N) is 1. The largest absolute Gasteiger partial charge is 0.240 e. The molecule has 0 saturated heterocycles. The highest BCUT2D eigenvalue weighted by Crippen LogP contribution is 2.27. The van der Waals surface area contributed by atoms with Crippen LogP contribution in [0.15, 0.2) is 23.6 Å². The number of benzene rings is 1. The van der Waals surface area contributed by atoms with E-state index in [0.29, 0.717) is 5.75 Å². The van der Waals surface area contributed by atoms with E-state index in [9.17, 15) is 0 Å². The molecule has 0 atom stereocenters. The topological polar surface area (TPSA) is 12.9 Å². The van der Waals surface area contributed by atoms with Crippen LogP contribution in [0.1, 0.15) is 16.8 Å². The third-order valence-electron chi connectivity index (χ3n) is 2.34. The van der Waals surface area contributed by atoms with Gasteiger partial charge in [-0.25, -0.2) is 4.98 Å². The fraction of sp³-hybridized carbons (Fsp3) is 0.250. The summed E-state index contributed by atoms with van der Waals surface area (Å²) in [4.78, 5) is 4.54. The standard InChI is InChI=1S/C12H13NS2/c1-8-3-4-9(2)11(5-8)12-13-10(6-14)7-15-12/h3-5,7,14H,6H2,1-2H3. The maximum absolute atomic E-state index is 4.54. The van der Waals surface area contributed by atoms with Gasteiger partial charge in [-0.2, -0.15) is 12.6 Å². The first-order valence-corrected chi connectivity index (χ1v) is 6.35. The smallest absolute Gasteiger partial charge is 0.123 e. The Morgan fingerprint density at radius 2 is 2.13 bits per heavy atom. The average Bonchev–Trinajstić information content (AvgIpc) is 2.70. The van der Waals surface area contributed by atoms with Gasteiger partial charge in [0, 0.05) is 16.7 Å². The van der Waals surface area contributed by atoms with Crippen LogP contribution in [0, 0.1) is 13.8 Å². The summed E-state index contributed by atoms with van der Waals surface area (Å²) in [6, 6.07) is 6.47. The van der Waals surface area contributed by atoms with E-state index < -0.39 is 0 Å². The fourth-order valence-corrected chi connectivity index (χ4v) is 2.66. The third kappa shape index (κ3) is 2.24. The van der Waals surface area contributed by atoms with Crippen molar-refractivity contribution < 1.29 is 0 Å². The fourth-order valence-electron chi connectivity index (χ4n) is 1.47. The quantitative estimate of drug-likeness (QED) is 0.780. The second-order valence-corrected chi connectivity index (χ2v) is 4.79. The number of rotatable bonds is 2. The van der Waals surface area contributed by atoms with Gasteiger partial charge in [-0.15, -0.1) is 11.3 Å². The molecule has 0 saturated carbocycles. The third-order valence-corrected chi connectivity index (χ3v) is 3.59. The number of thiazole rings is 1. The molecule has 1 aromatic carbocycles. The molecule has 0 spiro atoms. The minimum Gasteiger partial charge on any atom is -0.240 e. The van der Waals surface area contributed by atoms with Gasteiger partial charge in [0.1, 0.15) is 5.01 Å². The van der Waals surface area contributed by atoms with E-state index in [2.05, 4.69) is 55.0 Å². The first kappa shape index (κ1) is 10.7. The zero-order valence-corrected chi connectivity index (χ0v) is 10.5. The summed E-state index contributed by atoms with van der Waals surface area (Å²) in [6.07, 6.45) is 0. The molecule has 1 aromatic heterocycles. The van der Waals surface area contributed by atoms with Crippen LogP contribution in [0.3, 0.4) is 0 Å². The molecular weight excluding hydrogens is 222 g/mol. The van der Waals surface area contributed by atoms with E-state index in [1.807, 2.05) is 0 Å². The van der Waals surface area contributed by atoms with E-state index >= 15 is 0 Å². The zero-order chi connectivity index (χ0) is 10.8. The van der Waals surface area contributed by atoms with Gasteiger partial charge in [0.2, 0.25) is 0 Å². The van der Waals surface area contributed by atoms with Crippen LogP contribution in [0.25, 0.3) is 10.6 Å². The summed E-state index contributed by atoms with van der Waals surface area (Å²) in [5, 5.41) is 3.17. The Bertz CT molecular complexity index is 474. The van der Waals surface area contributed by atoms with Crippen molar-refractivity contribution in [1.29, 1.82) is 0 Å². The highest BCUT2D eigenvalue weighted by molar-refractivity contribution is 7.79. The maximum Gasteiger partial charge on any atom is 0.123 e. The van der Waals surface area contributed by atoms with Crippen molar-refractivity contribution in [2.45, 2.75) is 19.6 Å². The van der Waals surface area contributed by atoms with E-state index in [1.165, 1.54) is 16.7 Å². The first-order valence-electron chi connectivity index (χ1n) is 4.83. The molecule has 0 aliphatic heterocycles. The summed E-state index contributed by atoms with van der Waals surface area (Å²) < 4.78 is 0. The number of aromatic nitrogens is 1. The lowest BCUT2D eigenvalue weighted by molar-refractivity contribution is 1.23. The molecule has 1 nitrogen and oxygen atoms in total. The van der Waals surface area contributed by atoms with Gasteiger partial charge in [0.15, 0.2) is 0 Å². The second kappa shape index (κ2) is 4.37. The van der Waals surface area contributed by atoms with Gasteiger partial charge in [-0.3, -0.25) is 0 Å². The Morgan fingerprint density at radius 3 is 2.80 bits per heavy atom. The van der Waals surface area contributed by atoms with Crippen LogP contribution < -0.4 is 0 Å². The van der Waals surface area contributed by atoms with E-state index in [0.717, 1.165) is 10.7 Å². The summed E-state index contributed by atoms with van der Waals surface area (Å²) in [5.41, 5.74) is 4.85. The summed E-state index contributed by atoms with van der Waals surface area (Å²) in [7, 11) is 0. The van der Waals surface area contributed by atoms with Gasteiger partial charge >= 0.3 is 0 Å². The monoisotopic (exact) mass is 235 g/mol. The van der Waals surface area contributed by atoms with Crippen molar-refractivity contribution in [2.75, 3.05) is 0 Å². The van der Waals surface area contributed by atoms with Gasteiger partial charge in [-0.1, -0.05) is 17.7 Å². The molecule has 0 radical (unpaired) electrons. The Labute approximate surface area is 99.6 Å². The lowest BCUT2D eigenvalue weighted by Crippen LogP contribution is -1.85. The summed E-state index contributed by atoms with van der Waals surface area (Å²) >= 11 is 5.92. The van der Waals surface area contributed by atoms with Gasteiger partial charge < -0.3 is 0 Å². The number of aryl methyl sites for hydroxylation is 2.